The summed E-state index contributed by atoms with van der Waals surface area (Å²) in [5.74, 6) is 1.10. The van der Waals surface area contributed by atoms with Gasteiger partial charge in [-0.25, -0.2) is 4.39 Å². The van der Waals surface area contributed by atoms with E-state index in [0.717, 1.165) is 12.5 Å². The Morgan fingerprint density at radius 3 is 3.05 bits per heavy atom. The molecule has 4 atom stereocenters. The van der Waals surface area contributed by atoms with Crippen LogP contribution in [0.5, 0.6) is 0 Å². The fourth-order valence-electron chi connectivity index (χ4n) is 3.70. The van der Waals surface area contributed by atoms with Crippen molar-refractivity contribution < 1.29 is 9.50 Å². The lowest BCUT2D eigenvalue weighted by molar-refractivity contribution is 0.145. The van der Waals surface area contributed by atoms with Gasteiger partial charge in [-0.2, -0.15) is 0 Å². The first-order valence-corrected chi connectivity index (χ1v) is 7.39. The van der Waals surface area contributed by atoms with Crippen LogP contribution in [0.3, 0.4) is 0 Å². The summed E-state index contributed by atoms with van der Waals surface area (Å²) in [7, 11) is 0. The number of halogens is 2. The quantitative estimate of drug-likeness (QED) is 0.892. The maximum Gasteiger partial charge on any atom is 0.124 e. The summed E-state index contributed by atoms with van der Waals surface area (Å²) in [5.41, 5.74) is 0.631. The van der Waals surface area contributed by atoms with Gasteiger partial charge >= 0.3 is 0 Å². The van der Waals surface area contributed by atoms with Crippen LogP contribution in [0.15, 0.2) is 18.2 Å². The number of benzene rings is 1. The van der Waals surface area contributed by atoms with Crippen LogP contribution in [0.2, 0.25) is 5.02 Å². The van der Waals surface area contributed by atoms with E-state index in [9.17, 15) is 9.50 Å². The number of nitrogens with one attached hydrogen (secondary N) is 1. The highest BCUT2D eigenvalue weighted by Gasteiger charge is 2.39. The van der Waals surface area contributed by atoms with Gasteiger partial charge in [-0.1, -0.05) is 24.1 Å². The summed E-state index contributed by atoms with van der Waals surface area (Å²) >= 11 is 6.00. The fourth-order valence-corrected chi connectivity index (χ4v) is 3.99. The van der Waals surface area contributed by atoms with Crippen LogP contribution in [0.1, 0.15) is 37.4 Å². The van der Waals surface area contributed by atoms with Crippen LogP contribution in [0.25, 0.3) is 0 Å². The molecule has 1 aromatic rings. The Balaban J connectivity index is 1.69. The van der Waals surface area contributed by atoms with Crippen molar-refractivity contribution in [1.29, 1.82) is 0 Å². The SMILES string of the molecule is OC(CC1NCC2CCCC21)c1ccc(F)cc1Cl. The molecule has 1 aromatic carbocycles. The fraction of sp³-hybridized carbons (Fsp3) is 0.600. The van der Waals surface area contributed by atoms with Crippen LogP contribution in [0.4, 0.5) is 4.39 Å². The smallest absolute Gasteiger partial charge is 0.124 e. The maximum atomic E-state index is 13.0. The number of aliphatic hydroxyl groups is 1. The second-order valence-corrected chi connectivity index (χ2v) is 6.19. The van der Waals surface area contributed by atoms with Gasteiger partial charge in [0.1, 0.15) is 5.82 Å². The summed E-state index contributed by atoms with van der Waals surface area (Å²) < 4.78 is 13.0. The van der Waals surface area contributed by atoms with Gasteiger partial charge in [0.25, 0.3) is 0 Å². The lowest BCUT2D eigenvalue weighted by Gasteiger charge is -2.22. The van der Waals surface area contributed by atoms with Crippen molar-refractivity contribution in [2.45, 2.75) is 37.8 Å². The summed E-state index contributed by atoms with van der Waals surface area (Å²) in [5, 5.41) is 14.2. The van der Waals surface area contributed by atoms with Gasteiger partial charge < -0.3 is 10.4 Å². The molecule has 1 saturated heterocycles. The molecule has 0 radical (unpaired) electrons. The highest BCUT2D eigenvalue weighted by molar-refractivity contribution is 6.31. The highest BCUT2D eigenvalue weighted by Crippen LogP contribution is 2.40. The van der Waals surface area contributed by atoms with Gasteiger partial charge in [-0.3, -0.25) is 0 Å². The van der Waals surface area contributed by atoms with Crippen molar-refractivity contribution in [3.63, 3.8) is 0 Å². The molecule has 2 nitrogen and oxygen atoms in total. The molecule has 3 rings (SSSR count). The second-order valence-electron chi connectivity index (χ2n) is 5.79. The van der Waals surface area contributed by atoms with E-state index in [1.165, 1.54) is 31.4 Å². The average Bonchev–Trinajstić information content (AvgIpc) is 2.94. The minimum atomic E-state index is -0.620. The molecule has 0 aromatic heterocycles. The molecule has 4 heteroatoms. The van der Waals surface area contributed by atoms with Crippen molar-refractivity contribution >= 4 is 11.6 Å². The van der Waals surface area contributed by atoms with Gasteiger partial charge in [0.15, 0.2) is 0 Å². The topological polar surface area (TPSA) is 32.3 Å². The molecule has 1 aliphatic heterocycles. The van der Waals surface area contributed by atoms with E-state index in [1.807, 2.05) is 0 Å². The zero-order valence-electron chi connectivity index (χ0n) is 10.8. The van der Waals surface area contributed by atoms with Crippen molar-refractivity contribution in [2.75, 3.05) is 6.54 Å². The van der Waals surface area contributed by atoms with E-state index >= 15 is 0 Å². The molecule has 19 heavy (non-hydrogen) atoms. The highest BCUT2D eigenvalue weighted by atomic mass is 35.5. The Morgan fingerprint density at radius 2 is 2.26 bits per heavy atom. The third-order valence-electron chi connectivity index (χ3n) is 4.68. The summed E-state index contributed by atoms with van der Waals surface area (Å²) in [6.07, 6.45) is 3.91. The third-order valence-corrected chi connectivity index (χ3v) is 5.00. The van der Waals surface area contributed by atoms with E-state index in [-0.39, 0.29) is 5.82 Å². The largest absolute Gasteiger partial charge is 0.388 e. The summed E-state index contributed by atoms with van der Waals surface area (Å²) in [4.78, 5) is 0. The molecule has 0 bridgehead atoms. The van der Waals surface area contributed by atoms with Gasteiger partial charge in [0, 0.05) is 11.1 Å². The molecule has 104 valence electrons. The number of hydrogen-bond acceptors (Lipinski definition) is 2. The third kappa shape index (κ3) is 2.64. The van der Waals surface area contributed by atoms with Crippen molar-refractivity contribution in [3.8, 4) is 0 Å². The molecule has 0 amide bonds. The number of rotatable bonds is 3. The van der Waals surface area contributed by atoms with Crippen LogP contribution in [-0.4, -0.2) is 17.7 Å². The summed E-state index contributed by atoms with van der Waals surface area (Å²) in [6, 6.07) is 4.57. The Labute approximate surface area is 118 Å². The molecular formula is C15H19ClFNO. The van der Waals surface area contributed by atoms with E-state index in [2.05, 4.69) is 5.32 Å². The first-order chi connectivity index (χ1) is 9.15. The van der Waals surface area contributed by atoms with E-state index < -0.39 is 6.10 Å². The normalized spacial score (nSPS) is 31.4. The Kier molecular flexibility index (Phi) is 3.79. The molecule has 1 saturated carbocycles. The van der Waals surface area contributed by atoms with Crippen molar-refractivity contribution in [3.05, 3.63) is 34.6 Å². The lowest BCUT2D eigenvalue weighted by atomic mass is 9.89. The van der Waals surface area contributed by atoms with Crippen LogP contribution in [0, 0.1) is 17.7 Å². The Morgan fingerprint density at radius 1 is 1.42 bits per heavy atom. The summed E-state index contributed by atoms with van der Waals surface area (Å²) in [6.45, 7) is 1.07. The zero-order valence-corrected chi connectivity index (χ0v) is 11.5. The van der Waals surface area contributed by atoms with Crippen molar-refractivity contribution in [1.82, 2.24) is 5.32 Å². The molecule has 2 aliphatic rings. The van der Waals surface area contributed by atoms with Crippen LogP contribution < -0.4 is 5.32 Å². The average molecular weight is 284 g/mol. The molecular weight excluding hydrogens is 265 g/mol. The van der Waals surface area contributed by atoms with Gasteiger partial charge in [0.05, 0.1) is 6.10 Å². The van der Waals surface area contributed by atoms with Crippen LogP contribution >= 0.6 is 11.6 Å². The first kappa shape index (κ1) is 13.3. The van der Waals surface area contributed by atoms with Gasteiger partial charge in [0.2, 0.25) is 0 Å². The number of aliphatic hydroxyl groups excluding tert-OH is 1. The van der Waals surface area contributed by atoms with E-state index in [4.69, 9.17) is 11.6 Å². The minimum Gasteiger partial charge on any atom is -0.388 e. The first-order valence-electron chi connectivity index (χ1n) is 7.01. The van der Waals surface area contributed by atoms with Gasteiger partial charge in [-0.15, -0.1) is 0 Å². The monoisotopic (exact) mass is 283 g/mol. The van der Waals surface area contributed by atoms with Gasteiger partial charge in [-0.05, 0) is 55.3 Å². The standard InChI is InChI=1S/C15H19ClFNO/c16-13-6-10(17)4-5-12(13)15(19)7-14-11-3-1-2-9(11)8-18-14/h4-6,9,11,14-15,18-19H,1-3,7-8H2. The molecule has 1 heterocycles. The molecule has 1 aliphatic carbocycles. The molecule has 0 spiro atoms. The minimum absolute atomic E-state index is 0.313. The Bertz CT molecular complexity index is 467. The predicted molar refractivity (Wildman–Crippen MR) is 73.6 cm³/mol. The molecule has 4 unspecified atom stereocenters. The van der Waals surface area contributed by atoms with E-state index in [1.54, 1.807) is 6.07 Å². The van der Waals surface area contributed by atoms with E-state index in [0.29, 0.717) is 29.0 Å². The maximum absolute atomic E-state index is 13.0. The lowest BCUT2D eigenvalue weighted by Crippen LogP contribution is -2.29. The van der Waals surface area contributed by atoms with Crippen LogP contribution in [-0.2, 0) is 0 Å². The zero-order chi connectivity index (χ0) is 13.4. The Hall–Kier alpha value is -0.640. The molecule has 2 N–H and O–H groups in total. The van der Waals surface area contributed by atoms with Crippen molar-refractivity contribution in [2.24, 2.45) is 11.8 Å². The molecule has 2 fully saturated rings. The predicted octanol–water partition coefficient (Wildman–Crippen LogP) is 3.29. The number of hydrogen-bond donors (Lipinski definition) is 2. The second kappa shape index (κ2) is 5.39. The number of fused-ring (bicyclic) bond motifs is 1.